The summed E-state index contributed by atoms with van der Waals surface area (Å²) in [6.07, 6.45) is 0.991. The number of aromatic nitrogens is 3. The second kappa shape index (κ2) is 11.0. The lowest BCUT2D eigenvalue weighted by Crippen LogP contribution is -2.16. The van der Waals surface area contributed by atoms with Crippen molar-refractivity contribution in [2.75, 3.05) is 7.11 Å². The molecule has 164 valence electrons. The highest BCUT2D eigenvalue weighted by atomic mass is 32.2. The van der Waals surface area contributed by atoms with E-state index in [0.29, 0.717) is 18.1 Å². The number of thioether (sulfide) groups is 1. The van der Waals surface area contributed by atoms with E-state index in [9.17, 15) is 4.79 Å². The topological polar surface area (TPSA) is 66.2 Å². The number of Topliss-reactive ketones (excluding diaryl/α,β-unsaturated/α-hetero) is 1. The Labute approximate surface area is 188 Å². The first-order valence-electron chi connectivity index (χ1n) is 10.4. The molecule has 1 unspecified atom stereocenters. The predicted molar refractivity (Wildman–Crippen MR) is 123 cm³/mol. The third-order valence-corrected chi connectivity index (χ3v) is 5.94. The van der Waals surface area contributed by atoms with E-state index < -0.39 is 0 Å². The molecule has 0 saturated carbocycles. The maximum Gasteiger partial charge on any atom is 0.192 e. The number of methoxy groups -OCH3 is 1. The van der Waals surface area contributed by atoms with Crippen LogP contribution >= 0.6 is 11.8 Å². The van der Waals surface area contributed by atoms with Crippen LogP contribution in [0.5, 0.6) is 11.5 Å². The lowest BCUT2D eigenvalue weighted by atomic mass is 10.1. The maximum atomic E-state index is 12.9. The number of rotatable bonds is 11. The Hall–Kier alpha value is -2.80. The molecule has 3 aromatic rings. The van der Waals surface area contributed by atoms with Crippen molar-refractivity contribution >= 4 is 17.5 Å². The number of ether oxygens (including phenoxy) is 2. The van der Waals surface area contributed by atoms with Gasteiger partial charge in [-0.1, -0.05) is 43.8 Å². The van der Waals surface area contributed by atoms with Crippen molar-refractivity contribution in [2.45, 2.75) is 50.8 Å². The zero-order valence-corrected chi connectivity index (χ0v) is 19.3. The van der Waals surface area contributed by atoms with Crippen LogP contribution in [0.1, 0.15) is 43.4 Å². The highest BCUT2D eigenvalue weighted by molar-refractivity contribution is 8.00. The van der Waals surface area contributed by atoms with Gasteiger partial charge in [-0.15, -0.1) is 10.2 Å². The van der Waals surface area contributed by atoms with E-state index in [4.69, 9.17) is 9.47 Å². The molecule has 0 fully saturated rings. The average molecular weight is 440 g/mol. The summed E-state index contributed by atoms with van der Waals surface area (Å²) in [4.78, 5) is 12.9. The zero-order chi connectivity index (χ0) is 22.2. The molecular weight excluding hydrogens is 410 g/mol. The summed E-state index contributed by atoms with van der Waals surface area (Å²) >= 11 is 1.43. The zero-order valence-electron chi connectivity index (χ0n) is 18.4. The quantitative estimate of drug-likeness (QED) is 0.299. The van der Waals surface area contributed by atoms with Gasteiger partial charge in [0.05, 0.1) is 12.4 Å². The van der Waals surface area contributed by atoms with Gasteiger partial charge >= 0.3 is 0 Å². The lowest BCUT2D eigenvalue weighted by molar-refractivity contribution is 0.0994. The first-order valence-corrected chi connectivity index (χ1v) is 11.3. The van der Waals surface area contributed by atoms with Gasteiger partial charge in [0.2, 0.25) is 0 Å². The third-order valence-electron chi connectivity index (χ3n) is 4.86. The molecule has 7 heteroatoms. The molecule has 6 nitrogen and oxygen atoms in total. The predicted octanol–water partition coefficient (Wildman–Crippen LogP) is 5.28. The van der Waals surface area contributed by atoms with Gasteiger partial charge in [0, 0.05) is 12.1 Å². The second-order valence-electron chi connectivity index (χ2n) is 7.69. The molecule has 1 aromatic heterocycles. The van der Waals surface area contributed by atoms with E-state index >= 15 is 0 Å². The SMILES string of the molecule is COc1ccc(C(=O)C(C)Sc2nnc(COc3ccccc3)n2CCC(C)C)cc1. The Balaban J connectivity index is 1.73. The first kappa shape index (κ1) is 22.9. The molecular formula is C24H29N3O3S. The summed E-state index contributed by atoms with van der Waals surface area (Å²) < 4.78 is 13.1. The maximum absolute atomic E-state index is 12.9. The molecule has 0 N–H and O–H groups in total. The second-order valence-corrected chi connectivity index (χ2v) is 9.00. The Kier molecular flexibility index (Phi) is 8.12. The molecule has 1 heterocycles. The molecule has 0 aliphatic carbocycles. The van der Waals surface area contributed by atoms with Crippen molar-refractivity contribution in [3.8, 4) is 11.5 Å². The highest BCUT2D eigenvalue weighted by Crippen LogP contribution is 2.27. The van der Waals surface area contributed by atoms with Crippen LogP contribution in [-0.4, -0.2) is 32.9 Å². The van der Waals surface area contributed by atoms with Gasteiger partial charge in [0.25, 0.3) is 0 Å². The molecule has 3 rings (SSSR count). The summed E-state index contributed by atoms with van der Waals surface area (Å²) in [7, 11) is 1.61. The number of nitrogens with zero attached hydrogens (tertiary/aromatic N) is 3. The van der Waals surface area contributed by atoms with Crippen LogP contribution in [0.2, 0.25) is 0 Å². The fourth-order valence-electron chi connectivity index (χ4n) is 2.99. The minimum absolute atomic E-state index is 0.0492. The van der Waals surface area contributed by atoms with Crippen molar-refractivity contribution in [3.63, 3.8) is 0 Å². The Morgan fingerprint density at radius 3 is 2.35 bits per heavy atom. The number of ketones is 1. The van der Waals surface area contributed by atoms with Crippen molar-refractivity contribution in [1.82, 2.24) is 14.8 Å². The molecule has 2 aromatic carbocycles. The van der Waals surface area contributed by atoms with Crippen LogP contribution in [0.3, 0.4) is 0 Å². The van der Waals surface area contributed by atoms with Gasteiger partial charge in [0.15, 0.2) is 16.8 Å². The lowest BCUT2D eigenvalue weighted by Gasteiger charge is -2.14. The Bertz CT molecular complexity index is 971. The molecule has 0 saturated heterocycles. The summed E-state index contributed by atoms with van der Waals surface area (Å²) in [5, 5.41) is 9.17. The van der Waals surface area contributed by atoms with Crippen molar-refractivity contribution < 1.29 is 14.3 Å². The number of carbonyl (C=O) groups is 1. The van der Waals surface area contributed by atoms with Crippen molar-refractivity contribution in [3.05, 3.63) is 66.0 Å². The first-order chi connectivity index (χ1) is 15.0. The number of carbonyl (C=O) groups excluding carboxylic acids is 1. The van der Waals surface area contributed by atoms with Crippen molar-refractivity contribution in [1.29, 1.82) is 0 Å². The Morgan fingerprint density at radius 2 is 1.71 bits per heavy atom. The number of hydrogen-bond donors (Lipinski definition) is 0. The van der Waals surface area contributed by atoms with Gasteiger partial charge in [-0.25, -0.2) is 0 Å². The van der Waals surface area contributed by atoms with Gasteiger partial charge in [0.1, 0.15) is 18.1 Å². The molecule has 0 bridgehead atoms. The van der Waals surface area contributed by atoms with Crippen molar-refractivity contribution in [2.24, 2.45) is 5.92 Å². The van der Waals surface area contributed by atoms with E-state index in [-0.39, 0.29) is 11.0 Å². The standard InChI is InChI=1S/C24H29N3O3S/c1-17(2)14-15-27-22(16-30-21-8-6-5-7-9-21)25-26-24(27)31-18(3)23(28)19-10-12-20(29-4)13-11-19/h5-13,17-18H,14-16H2,1-4H3. The summed E-state index contributed by atoms with van der Waals surface area (Å²) in [5.41, 5.74) is 0.654. The molecule has 1 atom stereocenters. The molecule has 0 aliphatic rings. The number of para-hydroxylation sites is 1. The van der Waals surface area contributed by atoms with E-state index in [2.05, 4.69) is 28.6 Å². The monoisotopic (exact) mass is 439 g/mol. The number of hydrogen-bond acceptors (Lipinski definition) is 6. The fourth-order valence-corrected chi connectivity index (χ4v) is 3.96. The molecule has 0 amide bonds. The highest BCUT2D eigenvalue weighted by Gasteiger charge is 2.21. The van der Waals surface area contributed by atoms with Crippen LogP contribution in [0, 0.1) is 5.92 Å². The summed E-state index contributed by atoms with van der Waals surface area (Å²) in [6, 6.07) is 16.8. The minimum atomic E-state index is -0.293. The van der Waals surface area contributed by atoms with E-state index in [1.54, 1.807) is 31.4 Å². The normalized spacial score (nSPS) is 12.0. The van der Waals surface area contributed by atoms with Crippen LogP contribution in [0.4, 0.5) is 0 Å². The molecule has 0 radical (unpaired) electrons. The minimum Gasteiger partial charge on any atom is -0.497 e. The molecule has 0 aliphatic heterocycles. The van der Waals surface area contributed by atoms with Gasteiger partial charge < -0.3 is 14.0 Å². The summed E-state index contributed by atoms with van der Waals surface area (Å²) in [6.45, 7) is 7.39. The fraction of sp³-hybridized carbons (Fsp3) is 0.375. The van der Waals surface area contributed by atoms with E-state index in [1.807, 2.05) is 37.3 Å². The number of benzene rings is 2. The summed E-state index contributed by atoms with van der Waals surface area (Å²) in [5.74, 6) is 2.87. The Morgan fingerprint density at radius 1 is 1.00 bits per heavy atom. The third kappa shape index (κ3) is 6.34. The van der Waals surface area contributed by atoms with Crippen LogP contribution < -0.4 is 9.47 Å². The van der Waals surface area contributed by atoms with Crippen LogP contribution in [0.15, 0.2) is 59.8 Å². The van der Waals surface area contributed by atoms with E-state index in [1.165, 1.54) is 11.8 Å². The smallest absolute Gasteiger partial charge is 0.192 e. The largest absolute Gasteiger partial charge is 0.497 e. The van der Waals surface area contributed by atoms with Crippen LogP contribution in [0.25, 0.3) is 0 Å². The molecule has 0 spiro atoms. The van der Waals surface area contributed by atoms with Gasteiger partial charge in [-0.05, 0) is 55.7 Å². The molecule has 31 heavy (non-hydrogen) atoms. The van der Waals surface area contributed by atoms with Crippen LogP contribution in [-0.2, 0) is 13.2 Å². The van der Waals surface area contributed by atoms with Gasteiger partial charge in [-0.2, -0.15) is 0 Å². The average Bonchev–Trinajstić information content (AvgIpc) is 3.17. The van der Waals surface area contributed by atoms with E-state index in [0.717, 1.165) is 35.4 Å². The van der Waals surface area contributed by atoms with Gasteiger partial charge in [-0.3, -0.25) is 4.79 Å².